The molecule has 1 aliphatic rings. The number of aromatic nitrogens is 3. The molecule has 8 heteroatoms. The van der Waals surface area contributed by atoms with Gasteiger partial charge in [0.1, 0.15) is 12.4 Å². The molecule has 0 saturated carbocycles. The number of halogens is 1. The second kappa shape index (κ2) is 10.3. The highest BCUT2D eigenvalue weighted by molar-refractivity contribution is 5.87. The van der Waals surface area contributed by atoms with E-state index in [0.717, 1.165) is 36.4 Å². The monoisotopic (exact) mass is 453 g/mol. The van der Waals surface area contributed by atoms with Crippen molar-refractivity contribution in [3.63, 3.8) is 0 Å². The number of hydrogen-bond acceptors (Lipinski definition) is 4. The summed E-state index contributed by atoms with van der Waals surface area (Å²) < 4.78 is 17.3. The number of nitrogens with one attached hydrogen (secondary N) is 1. The highest BCUT2D eigenvalue weighted by Gasteiger charge is 2.18. The van der Waals surface area contributed by atoms with Crippen molar-refractivity contribution < 1.29 is 9.18 Å². The fraction of sp³-hybridized carbons (Fsp3) is 0.480. The molecule has 176 valence electrons. The second-order valence-electron chi connectivity index (χ2n) is 8.85. The lowest BCUT2D eigenvalue weighted by molar-refractivity contribution is -0.121. The second-order valence-corrected chi connectivity index (χ2v) is 8.85. The third-order valence-corrected chi connectivity index (χ3v) is 6.63. The fourth-order valence-corrected chi connectivity index (χ4v) is 4.70. The Kier molecular flexibility index (Phi) is 7.23. The van der Waals surface area contributed by atoms with Crippen LogP contribution in [0.2, 0.25) is 0 Å². The third-order valence-electron chi connectivity index (χ3n) is 6.63. The predicted octanol–water partition coefficient (Wildman–Crippen LogP) is 2.99. The van der Waals surface area contributed by atoms with E-state index in [1.54, 1.807) is 24.4 Å². The molecule has 2 aromatic heterocycles. The van der Waals surface area contributed by atoms with Crippen LogP contribution in [0.3, 0.4) is 0 Å². The average molecular weight is 454 g/mol. The molecule has 0 bridgehead atoms. The zero-order valence-corrected chi connectivity index (χ0v) is 19.4. The molecule has 0 radical (unpaired) electrons. The summed E-state index contributed by atoms with van der Waals surface area (Å²) in [6.45, 7) is 7.50. The van der Waals surface area contributed by atoms with E-state index in [0.29, 0.717) is 24.0 Å². The van der Waals surface area contributed by atoms with Gasteiger partial charge in [-0.3, -0.25) is 9.59 Å². The molecule has 0 atom stereocenters. The van der Waals surface area contributed by atoms with Gasteiger partial charge in [0.05, 0.1) is 18.1 Å². The van der Waals surface area contributed by atoms with Gasteiger partial charge in [0, 0.05) is 35.4 Å². The van der Waals surface area contributed by atoms with Crippen LogP contribution in [0, 0.1) is 19.7 Å². The van der Waals surface area contributed by atoms with Crippen LogP contribution in [0.1, 0.15) is 42.6 Å². The summed E-state index contributed by atoms with van der Waals surface area (Å²) in [5.41, 5.74) is 1.85. The van der Waals surface area contributed by atoms with Gasteiger partial charge in [0.15, 0.2) is 0 Å². The lowest BCUT2D eigenvalue weighted by atomic mass is 10.2. The first kappa shape index (κ1) is 23.2. The van der Waals surface area contributed by atoms with E-state index >= 15 is 0 Å². The maximum atomic E-state index is 14.2. The van der Waals surface area contributed by atoms with E-state index < -0.39 is 0 Å². The number of rotatable bonds is 7. The molecule has 0 unspecified atom stereocenters. The topological polar surface area (TPSA) is 72.2 Å². The van der Waals surface area contributed by atoms with Crippen LogP contribution in [0.4, 0.5) is 4.39 Å². The van der Waals surface area contributed by atoms with Crippen molar-refractivity contribution in [2.24, 2.45) is 0 Å². The molecule has 3 heterocycles. The predicted molar refractivity (Wildman–Crippen MR) is 127 cm³/mol. The number of fused-ring (bicyclic) bond motifs is 1. The lowest BCUT2D eigenvalue weighted by Gasteiger charge is -2.19. The number of aryl methyl sites for hydroxylation is 2. The van der Waals surface area contributed by atoms with Gasteiger partial charge in [-0.15, -0.1) is 0 Å². The maximum absolute atomic E-state index is 14.2. The van der Waals surface area contributed by atoms with Crippen LogP contribution in [0.25, 0.3) is 10.8 Å². The number of hydrogen-bond donors (Lipinski definition) is 1. The first-order valence-electron chi connectivity index (χ1n) is 11.7. The number of amides is 1. The molecule has 0 aliphatic carbocycles. The molecule has 3 aromatic rings. The Balaban J connectivity index is 1.47. The normalized spacial score (nSPS) is 15.0. The van der Waals surface area contributed by atoms with Crippen molar-refractivity contribution in [2.75, 3.05) is 26.2 Å². The van der Waals surface area contributed by atoms with Crippen LogP contribution in [-0.2, 0) is 17.9 Å². The molecular formula is C25H32FN5O2. The molecule has 1 aliphatic heterocycles. The quantitative estimate of drug-likeness (QED) is 0.597. The average Bonchev–Trinajstić information content (AvgIpc) is 2.96. The van der Waals surface area contributed by atoms with Crippen LogP contribution >= 0.6 is 0 Å². The molecule has 1 fully saturated rings. The zero-order valence-electron chi connectivity index (χ0n) is 19.4. The standard InChI is InChI=1S/C25H32FN5O2/c1-18-21-15-28-31(17-23(32)27-11-14-29-12-7-3-4-8-13-29)25(33)24(21)19(2)30(18)16-20-9-5-6-10-22(20)26/h5-6,9-10,15H,3-4,7-8,11-14,16-17H2,1-2H3,(H,27,32). The number of carbonyl (C=O) groups excluding carboxylic acids is 1. The Morgan fingerprint density at radius 2 is 1.82 bits per heavy atom. The smallest absolute Gasteiger partial charge is 0.276 e. The number of nitrogens with zero attached hydrogens (tertiary/aromatic N) is 4. The molecule has 4 rings (SSSR count). The van der Waals surface area contributed by atoms with Crippen LogP contribution in [0.5, 0.6) is 0 Å². The van der Waals surface area contributed by atoms with Gasteiger partial charge >= 0.3 is 0 Å². The zero-order chi connectivity index (χ0) is 23.4. The fourth-order valence-electron chi connectivity index (χ4n) is 4.70. The molecule has 1 amide bonds. The largest absolute Gasteiger partial charge is 0.353 e. The van der Waals surface area contributed by atoms with Crippen molar-refractivity contribution in [2.45, 2.75) is 52.6 Å². The lowest BCUT2D eigenvalue weighted by Crippen LogP contribution is -2.38. The minimum absolute atomic E-state index is 0.119. The van der Waals surface area contributed by atoms with Crippen LogP contribution in [0.15, 0.2) is 35.3 Å². The van der Waals surface area contributed by atoms with E-state index in [4.69, 9.17) is 0 Å². The maximum Gasteiger partial charge on any atom is 0.276 e. The van der Waals surface area contributed by atoms with Gasteiger partial charge in [-0.2, -0.15) is 5.10 Å². The molecule has 0 spiro atoms. The van der Waals surface area contributed by atoms with Crippen molar-refractivity contribution in [3.05, 3.63) is 63.6 Å². The number of carbonyl (C=O) groups is 1. The Hall–Kier alpha value is -3.00. The molecule has 1 aromatic carbocycles. The van der Waals surface area contributed by atoms with Crippen molar-refractivity contribution in [1.29, 1.82) is 0 Å². The Bertz CT molecular complexity index is 1190. The van der Waals surface area contributed by atoms with Crippen LogP contribution in [-0.4, -0.2) is 51.3 Å². The SMILES string of the molecule is Cc1c2cnn(CC(=O)NCCN3CCCCCC3)c(=O)c2c(C)n1Cc1ccccc1F. The Morgan fingerprint density at radius 1 is 1.09 bits per heavy atom. The van der Waals surface area contributed by atoms with E-state index in [2.05, 4.69) is 15.3 Å². The number of likely N-dealkylation sites (tertiary alicyclic amines) is 1. The van der Waals surface area contributed by atoms with E-state index in [1.807, 2.05) is 18.4 Å². The molecule has 33 heavy (non-hydrogen) atoms. The molecule has 7 nitrogen and oxygen atoms in total. The van der Waals surface area contributed by atoms with Crippen molar-refractivity contribution >= 4 is 16.7 Å². The Morgan fingerprint density at radius 3 is 2.55 bits per heavy atom. The minimum atomic E-state index is -0.303. The summed E-state index contributed by atoms with van der Waals surface area (Å²) >= 11 is 0. The summed E-state index contributed by atoms with van der Waals surface area (Å²) in [7, 11) is 0. The van der Waals surface area contributed by atoms with E-state index in [9.17, 15) is 14.0 Å². The van der Waals surface area contributed by atoms with Gasteiger partial charge in [-0.1, -0.05) is 31.0 Å². The molecule has 1 saturated heterocycles. The summed E-state index contributed by atoms with van der Waals surface area (Å²) in [6, 6.07) is 6.63. The van der Waals surface area contributed by atoms with E-state index in [-0.39, 0.29) is 23.8 Å². The third kappa shape index (κ3) is 5.16. The summed E-state index contributed by atoms with van der Waals surface area (Å²) in [5, 5.41) is 8.41. The summed E-state index contributed by atoms with van der Waals surface area (Å²) in [4.78, 5) is 28.0. The van der Waals surface area contributed by atoms with Crippen LogP contribution < -0.4 is 10.9 Å². The minimum Gasteiger partial charge on any atom is -0.353 e. The van der Waals surface area contributed by atoms with Gasteiger partial charge < -0.3 is 14.8 Å². The highest BCUT2D eigenvalue weighted by atomic mass is 19.1. The first-order chi connectivity index (χ1) is 16.0. The first-order valence-corrected chi connectivity index (χ1v) is 11.7. The molecule has 1 N–H and O–H groups in total. The van der Waals surface area contributed by atoms with Gasteiger partial charge in [0.25, 0.3) is 5.56 Å². The summed E-state index contributed by atoms with van der Waals surface area (Å²) in [5.74, 6) is -0.500. The summed E-state index contributed by atoms with van der Waals surface area (Å²) in [6.07, 6.45) is 6.61. The van der Waals surface area contributed by atoms with Crippen molar-refractivity contribution in [1.82, 2.24) is 24.6 Å². The highest BCUT2D eigenvalue weighted by Crippen LogP contribution is 2.23. The Labute approximate surface area is 193 Å². The van der Waals surface area contributed by atoms with Gasteiger partial charge in [-0.05, 0) is 45.8 Å². The van der Waals surface area contributed by atoms with E-state index in [1.165, 1.54) is 36.4 Å². The van der Waals surface area contributed by atoms with Crippen molar-refractivity contribution in [3.8, 4) is 0 Å². The molecular weight excluding hydrogens is 421 g/mol. The van der Waals surface area contributed by atoms with Gasteiger partial charge in [0.2, 0.25) is 5.91 Å². The number of benzene rings is 1. The van der Waals surface area contributed by atoms with Gasteiger partial charge in [-0.25, -0.2) is 9.07 Å².